The van der Waals surface area contributed by atoms with Gasteiger partial charge in [-0.1, -0.05) is 60.1 Å². The van der Waals surface area contributed by atoms with Gasteiger partial charge in [-0.2, -0.15) is 0 Å². The molecule has 1 heterocycles. The van der Waals surface area contributed by atoms with Gasteiger partial charge in [-0.25, -0.2) is 0 Å². The summed E-state index contributed by atoms with van der Waals surface area (Å²) in [6.45, 7) is 5.86. The van der Waals surface area contributed by atoms with Crippen molar-refractivity contribution in [1.82, 2.24) is 9.80 Å². The molecule has 1 saturated carbocycles. The quantitative estimate of drug-likeness (QED) is 0.746. The highest BCUT2D eigenvalue weighted by Gasteiger charge is 2.47. The summed E-state index contributed by atoms with van der Waals surface area (Å²) in [5.74, 6) is 0. The van der Waals surface area contributed by atoms with Gasteiger partial charge in [0.05, 0.1) is 0 Å². The molecular formula is C22H27ClN2. The molecule has 0 radical (unpaired) electrons. The molecule has 0 bridgehead atoms. The van der Waals surface area contributed by atoms with Gasteiger partial charge in [-0.15, -0.1) is 0 Å². The van der Waals surface area contributed by atoms with Crippen LogP contribution in [0.5, 0.6) is 0 Å². The van der Waals surface area contributed by atoms with Gasteiger partial charge in [0.1, 0.15) is 0 Å². The van der Waals surface area contributed by atoms with Crippen LogP contribution < -0.4 is 0 Å². The Morgan fingerprint density at radius 3 is 2.20 bits per heavy atom. The predicted molar refractivity (Wildman–Crippen MR) is 105 cm³/mol. The van der Waals surface area contributed by atoms with Crippen LogP contribution in [0.25, 0.3) is 0 Å². The Morgan fingerprint density at radius 2 is 1.52 bits per heavy atom. The Bertz CT molecular complexity index is 688. The maximum Gasteiger partial charge on any atom is 0.0437 e. The highest BCUT2D eigenvalue weighted by atomic mass is 35.5. The number of hydrogen-bond donors (Lipinski definition) is 0. The molecule has 0 spiro atoms. The fourth-order valence-electron chi connectivity index (χ4n) is 4.16. The standard InChI is InChI=1S/C22H27ClN2/c23-21-9-5-4-8-20(21)10-11-22(12-13-22)25-16-14-24(15-17-25)18-19-6-2-1-3-7-19/h1-9H,10-18H2. The molecule has 2 aromatic carbocycles. The maximum atomic E-state index is 6.34. The fourth-order valence-corrected chi connectivity index (χ4v) is 4.39. The summed E-state index contributed by atoms with van der Waals surface area (Å²) in [4.78, 5) is 5.35. The normalized spacial score (nSPS) is 20.5. The van der Waals surface area contributed by atoms with Crippen LogP contribution in [0.2, 0.25) is 5.02 Å². The Labute approximate surface area is 156 Å². The van der Waals surface area contributed by atoms with Gasteiger partial charge in [-0.05, 0) is 42.9 Å². The molecule has 4 rings (SSSR count). The van der Waals surface area contributed by atoms with Gasteiger partial charge in [-0.3, -0.25) is 9.80 Å². The molecule has 2 fully saturated rings. The molecular weight excluding hydrogens is 328 g/mol. The van der Waals surface area contributed by atoms with Crippen LogP contribution in [0.3, 0.4) is 0 Å². The van der Waals surface area contributed by atoms with Crippen LogP contribution in [0.1, 0.15) is 30.4 Å². The Kier molecular flexibility index (Phi) is 5.12. The van der Waals surface area contributed by atoms with Crippen LogP contribution >= 0.6 is 11.6 Å². The van der Waals surface area contributed by atoms with E-state index < -0.39 is 0 Å². The van der Waals surface area contributed by atoms with Crippen LogP contribution in [0, 0.1) is 0 Å². The first-order valence-electron chi connectivity index (χ1n) is 9.50. The monoisotopic (exact) mass is 354 g/mol. The lowest BCUT2D eigenvalue weighted by atomic mass is 10.0. The number of hydrogen-bond acceptors (Lipinski definition) is 2. The molecule has 0 N–H and O–H groups in total. The Morgan fingerprint density at radius 1 is 0.840 bits per heavy atom. The van der Waals surface area contributed by atoms with E-state index in [0.717, 1.165) is 18.0 Å². The summed E-state index contributed by atoms with van der Waals surface area (Å²) in [6.07, 6.45) is 5.06. The lowest BCUT2D eigenvalue weighted by molar-refractivity contribution is 0.0768. The minimum absolute atomic E-state index is 0.456. The molecule has 0 atom stereocenters. The summed E-state index contributed by atoms with van der Waals surface area (Å²) < 4.78 is 0. The van der Waals surface area contributed by atoms with Crippen LogP contribution in [-0.2, 0) is 13.0 Å². The highest BCUT2D eigenvalue weighted by molar-refractivity contribution is 6.31. The molecule has 2 aromatic rings. The number of piperazine rings is 1. The zero-order chi connectivity index (χ0) is 17.1. The van der Waals surface area contributed by atoms with Crippen molar-refractivity contribution < 1.29 is 0 Å². The summed E-state index contributed by atoms with van der Waals surface area (Å²) in [7, 11) is 0. The maximum absolute atomic E-state index is 6.34. The van der Waals surface area contributed by atoms with Gasteiger partial charge in [0.25, 0.3) is 0 Å². The van der Waals surface area contributed by atoms with Gasteiger partial charge in [0.2, 0.25) is 0 Å². The average molecular weight is 355 g/mol. The van der Waals surface area contributed by atoms with E-state index in [1.54, 1.807) is 0 Å². The third-order valence-electron chi connectivity index (χ3n) is 5.94. The van der Waals surface area contributed by atoms with Crippen molar-refractivity contribution >= 4 is 11.6 Å². The van der Waals surface area contributed by atoms with Crippen molar-refractivity contribution in [2.75, 3.05) is 26.2 Å². The zero-order valence-electron chi connectivity index (χ0n) is 14.8. The van der Waals surface area contributed by atoms with E-state index in [4.69, 9.17) is 11.6 Å². The topological polar surface area (TPSA) is 6.48 Å². The Balaban J connectivity index is 1.29. The minimum atomic E-state index is 0.456. The van der Waals surface area contributed by atoms with Crippen molar-refractivity contribution in [3.05, 3.63) is 70.7 Å². The first-order chi connectivity index (χ1) is 12.3. The SMILES string of the molecule is Clc1ccccc1CCC1(N2CCN(Cc3ccccc3)CC2)CC1. The van der Waals surface area contributed by atoms with E-state index in [9.17, 15) is 0 Å². The van der Waals surface area contributed by atoms with Crippen molar-refractivity contribution in [3.63, 3.8) is 0 Å². The van der Waals surface area contributed by atoms with Crippen molar-refractivity contribution in [1.29, 1.82) is 0 Å². The molecule has 0 amide bonds. The molecule has 132 valence electrons. The van der Waals surface area contributed by atoms with Gasteiger partial charge in [0.15, 0.2) is 0 Å². The predicted octanol–water partition coefficient (Wildman–Crippen LogP) is 4.62. The van der Waals surface area contributed by atoms with E-state index in [0.29, 0.717) is 5.54 Å². The molecule has 25 heavy (non-hydrogen) atoms. The van der Waals surface area contributed by atoms with E-state index in [1.165, 1.54) is 56.6 Å². The minimum Gasteiger partial charge on any atom is -0.297 e. The second-order valence-corrected chi connectivity index (χ2v) is 7.97. The average Bonchev–Trinajstić information content (AvgIpc) is 3.44. The van der Waals surface area contributed by atoms with Gasteiger partial charge in [0, 0.05) is 43.3 Å². The lowest BCUT2D eigenvalue weighted by Gasteiger charge is -2.40. The summed E-state index contributed by atoms with van der Waals surface area (Å²) in [5.41, 5.74) is 3.19. The molecule has 1 saturated heterocycles. The molecule has 0 aromatic heterocycles. The summed E-state index contributed by atoms with van der Waals surface area (Å²) >= 11 is 6.34. The van der Waals surface area contributed by atoms with Crippen molar-refractivity contribution in [2.45, 2.75) is 37.8 Å². The first kappa shape index (κ1) is 17.1. The van der Waals surface area contributed by atoms with Gasteiger partial charge >= 0.3 is 0 Å². The molecule has 2 aliphatic rings. The van der Waals surface area contributed by atoms with Gasteiger partial charge < -0.3 is 0 Å². The van der Waals surface area contributed by atoms with E-state index in [2.05, 4.69) is 52.3 Å². The largest absolute Gasteiger partial charge is 0.297 e. The smallest absolute Gasteiger partial charge is 0.0437 e. The molecule has 3 heteroatoms. The van der Waals surface area contributed by atoms with Crippen LogP contribution in [0.4, 0.5) is 0 Å². The molecule has 0 unspecified atom stereocenters. The fraction of sp³-hybridized carbons (Fsp3) is 0.455. The Hall–Kier alpha value is -1.35. The molecule has 2 nitrogen and oxygen atoms in total. The summed E-state index contributed by atoms with van der Waals surface area (Å²) in [5, 5.41) is 0.922. The van der Waals surface area contributed by atoms with Crippen molar-refractivity contribution in [3.8, 4) is 0 Å². The zero-order valence-corrected chi connectivity index (χ0v) is 15.6. The number of nitrogens with zero attached hydrogens (tertiary/aromatic N) is 2. The van der Waals surface area contributed by atoms with Crippen molar-refractivity contribution in [2.24, 2.45) is 0 Å². The second-order valence-electron chi connectivity index (χ2n) is 7.56. The second kappa shape index (κ2) is 7.49. The van der Waals surface area contributed by atoms with E-state index >= 15 is 0 Å². The number of rotatable bonds is 6. The molecule has 1 aliphatic carbocycles. The third kappa shape index (κ3) is 4.08. The number of aryl methyl sites for hydroxylation is 1. The number of halogens is 1. The first-order valence-corrected chi connectivity index (χ1v) is 9.88. The van der Waals surface area contributed by atoms with Crippen LogP contribution in [0.15, 0.2) is 54.6 Å². The number of benzene rings is 2. The summed E-state index contributed by atoms with van der Waals surface area (Å²) in [6, 6.07) is 19.1. The van der Waals surface area contributed by atoms with E-state index in [1.807, 2.05) is 12.1 Å². The highest BCUT2D eigenvalue weighted by Crippen LogP contribution is 2.46. The lowest BCUT2D eigenvalue weighted by Crippen LogP contribution is -2.51. The third-order valence-corrected chi connectivity index (χ3v) is 6.31. The van der Waals surface area contributed by atoms with Crippen LogP contribution in [-0.4, -0.2) is 41.5 Å². The molecule has 1 aliphatic heterocycles. The van der Waals surface area contributed by atoms with E-state index in [-0.39, 0.29) is 0 Å².